The first-order valence-corrected chi connectivity index (χ1v) is 4.90. The van der Waals surface area contributed by atoms with Gasteiger partial charge in [0.25, 0.3) is 0 Å². The first-order valence-electron chi connectivity index (χ1n) is 4.52. The molecule has 1 aliphatic heterocycles. The van der Waals surface area contributed by atoms with Gasteiger partial charge in [-0.2, -0.15) is 0 Å². The number of carbonyl (C=O) groups excluding carboxylic acids is 2. The highest BCUT2D eigenvalue weighted by Crippen LogP contribution is 2.25. The summed E-state index contributed by atoms with van der Waals surface area (Å²) in [5, 5.41) is 0.461. The van der Waals surface area contributed by atoms with Gasteiger partial charge in [0.1, 0.15) is 0 Å². The number of Topliss-reactive ketones (excluding diaryl/α,β-unsaturated/α-hetero) is 1. The van der Waals surface area contributed by atoms with Crippen LogP contribution in [0.4, 0.5) is 5.69 Å². The smallest absolute Gasteiger partial charge is 0.234 e. The van der Waals surface area contributed by atoms with E-state index in [4.69, 9.17) is 11.6 Å². The fraction of sp³-hybridized carbons (Fsp3) is 0.300. The third-order valence-corrected chi connectivity index (χ3v) is 2.51. The second-order valence-electron chi connectivity index (χ2n) is 3.45. The number of aryl methyl sites for hydroxylation is 1. The molecule has 0 spiro atoms. The van der Waals surface area contributed by atoms with E-state index in [1.165, 1.54) is 11.1 Å². The molecule has 0 radical (unpaired) electrons. The molecule has 1 amide bonds. The van der Waals surface area contributed by atoms with Crippen molar-refractivity contribution in [2.75, 3.05) is 11.4 Å². The van der Waals surface area contributed by atoms with Gasteiger partial charge in [0, 0.05) is 6.20 Å². The van der Waals surface area contributed by atoms with Crippen molar-refractivity contribution in [3.05, 3.63) is 23.0 Å². The first kappa shape index (κ1) is 10.1. The zero-order valence-corrected chi connectivity index (χ0v) is 8.91. The molecule has 2 heterocycles. The molecular weight excluding hydrogens is 216 g/mol. The molecule has 1 saturated heterocycles. The van der Waals surface area contributed by atoms with E-state index < -0.39 is 0 Å². The summed E-state index contributed by atoms with van der Waals surface area (Å²) in [6.07, 6.45) is 1.49. The molecule has 0 atom stereocenters. The molecule has 1 aromatic heterocycles. The molecule has 0 aliphatic carbocycles. The molecule has 4 nitrogen and oxygen atoms in total. The van der Waals surface area contributed by atoms with E-state index in [2.05, 4.69) is 4.98 Å². The van der Waals surface area contributed by atoms with Gasteiger partial charge in [-0.1, -0.05) is 11.6 Å². The first-order chi connectivity index (χ1) is 7.08. The molecule has 15 heavy (non-hydrogen) atoms. The summed E-state index contributed by atoms with van der Waals surface area (Å²) in [6, 6.07) is 1.65. The van der Waals surface area contributed by atoms with Gasteiger partial charge < -0.3 is 4.90 Å². The highest BCUT2D eigenvalue weighted by molar-refractivity contribution is 6.31. The van der Waals surface area contributed by atoms with Gasteiger partial charge in [0.15, 0.2) is 5.78 Å². The number of hydrogen-bond donors (Lipinski definition) is 0. The molecule has 1 aromatic rings. The van der Waals surface area contributed by atoms with Crippen LogP contribution in [0.3, 0.4) is 0 Å². The van der Waals surface area contributed by atoms with E-state index in [0.717, 1.165) is 0 Å². The predicted molar refractivity (Wildman–Crippen MR) is 56.0 cm³/mol. The topological polar surface area (TPSA) is 50.3 Å². The largest absolute Gasteiger partial charge is 0.303 e. The van der Waals surface area contributed by atoms with Crippen molar-refractivity contribution in [3.8, 4) is 0 Å². The lowest BCUT2D eigenvalue weighted by atomic mass is 10.3. The molecule has 0 N–H and O–H groups in total. The molecule has 0 saturated carbocycles. The van der Waals surface area contributed by atoms with Gasteiger partial charge in [0.05, 0.1) is 29.4 Å². The van der Waals surface area contributed by atoms with E-state index in [1.807, 2.05) is 0 Å². The third kappa shape index (κ3) is 1.85. The Morgan fingerprint density at radius 1 is 1.47 bits per heavy atom. The quantitative estimate of drug-likeness (QED) is 0.677. The second-order valence-corrected chi connectivity index (χ2v) is 3.89. The molecule has 0 aromatic carbocycles. The number of halogens is 1. The summed E-state index contributed by atoms with van der Waals surface area (Å²) >= 11 is 5.79. The van der Waals surface area contributed by atoms with Gasteiger partial charge in [-0.15, -0.1) is 0 Å². The predicted octanol–water partition coefficient (Wildman–Crippen LogP) is 1.35. The average molecular weight is 225 g/mol. The zero-order chi connectivity index (χ0) is 11.0. The van der Waals surface area contributed by atoms with Crippen LogP contribution >= 0.6 is 11.6 Å². The molecular formula is C10H9ClN2O2. The Balaban J connectivity index is 2.41. The fourth-order valence-electron chi connectivity index (χ4n) is 1.57. The zero-order valence-electron chi connectivity index (χ0n) is 8.16. The number of aromatic nitrogens is 1. The Labute approximate surface area is 91.9 Å². The molecule has 0 unspecified atom stereocenters. The number of nitrogens with zero attached hydrogens (tertiary/aromatic N) is 2. The fourth-order valence-corrected chi connectivity index (χ4v) is 1.73. The van der Waals surface area contributed by atoms with Crippen LogP contribution in [0, 0.1) is 6.92 Å². The SMILES string of the molecule is Cc1ncc(Cl)cc1N1CC(=O)CC1=O. The Bertz CT molecular complexity index is 445. The number of hydrogen-bond acceptors (Lipinski definition) is 3. The van der Waals surface area contributed by atoms with Crippen molar-refractivity contribution >= 4 is 29.0 Å². The lowest BCUT2D eigenvalue weighted by molar-refractivity contribution is -0.121. The van der Waals surface area contributed by atoms with Crippen molar-refractivity contribution in [2.45, 2.75) is 13.3 Å². The number of amides is 1. The van der Waals surface area contributed by atoms with Crippen LogP contribution in [-0.2, 0) is 9.59 Å². The summed E-state index contributed by atoms with van der Waals surface area (Å²) in [7, 11) is 0. The molecule has 5 heteroatoms. The van der Waals surface area contributed by atoms with Crippen molar-refractivity contribution in [1.82, 2.24) is 4.98 Å². The number of carbonyl (C=O) groups is 2. The number of anilines is 1. The molecule has 1 aliphatic rings. The van der Waals surface area contributed by atoms with Crippen LogP contribution in [0.5, 0.6) is 0 Å². The van der Waals surface area contributed by atoms with Crippen LogP contribution in [-0.4, -0.2) is 23.2 Å². The minimum atomic E-state index is -0.188. The molecule has 2 rings (SSSR count). The lowest BCUT2D eigenvalue weighted by Crippen LogP contribution is -2.25. The van der Waals surface area contributed by atoms with Crippen LogP contribution < -0.4 is 4.90 Å². The maximum absolute atomic E-state index is 11.5. The highest BCUT2D eigenvalue weighted by Gasteiger charge is 2.29. The van der Waals surface area contributed by atoms with E-state index in [0.29, 0.717) is 16.4 Å². The maximum atomic E-state index is 11.5. The minimum Gasteiger partial charge on any atom is -0.303 e. The van der Waals surface area contributed by atoms with Gasteiger partial charge in [0.2, 0.25) is 5.91 Å². The summed E-state index contributed by atoms with van der Waals surface area (Å²) in [6.45, 7) is 1.91. The van der Waals surface area contributed by atoms with Crippen molar-refractivity contribution < 1.29 is 9.59 Å². The lowest BCUT2D eigenvalue weighted by Gasteiger charge is -2.16. The van der Waals surface area contributed by atoms with Crippen LogP contribution in [0.2, 0.25) is 5.02 Å². The summed E-state index contributed by atoms with van der Waals surface area (Å²) in [5.74, 6) is -0.258. The third-order valence-electron chi connectivity index (χ3n) is 2.30. The van der Waals surface area contributed by atoms with Gasteiger partial charge in [-0.25, -0.2) is 0 Å². The number of ketones is 1. The van der Waals surface area contributed by atoms with Crippen molar-refractivity contribution in [2.24, 2.45) is 0 Å². The second kappa shape index (κ2) is 3.62. The summed E-state index contributed by atoms with van der Waals surface area (Å²) < 4.78 is 0. The van der Waals surface area contributed by atoms with Crippen molar-refractivity contribution in [1.29, 1.82) is 0 Å². The number of rotatable bonds is 1. The Hall–Kier alpha value is -1.42. The van der Waals surface area contributed by atoms with E-state index in [1.54, 1.807) is 13.0 Å². The van der Waals surface area contributed by atoms with E-state index >= 15 is 0 Å². The van der Waals surface area contributed by atoms with Gasteiger partial charge in [-0.05, 0) is 13.0 Å². The van der Waals surface area contributed by atoms with Crippen LogP contribution in [0.15, 0.2) is 12.3 Å². The average Bonchev–Trinajstić information content (AvgIpc) is 2.50. The summed E-state index contributed by atoms with van der Waals surface area (Å²) in [5.41, 5.74) is 1.32. The van der Waals surface area contributed by atoms with E-state index in [9.17, 15) is 9.59 Å². The normalized spacial score (nSPS) is 16.3. The van der Waals surface area contributed by atoms with E-state index in [-0.39, 0.29) is 24.7 Å². The summed E-state index contributed by atoms with van der Waals surface area (Å²) in [4.78, 5) is 28.1. The molecule has 0 bridgehead atoms. The standard InChI is InChI=1S/C10H9ClN2O2/c1-6-9(2-7(11)4-12-6)13-5-8(14)3-10(13)15/h2,4H,3,5H2,1H3. The highest BCUT2D eigenvalue weighted by atomic mass is 35.5. The monoisotopic (exact) mass is 224 g/mol. The maximum Gasteiger partial charge on any atom is 0.234 e. The van der Waals surface area contributed by atoms with Crippen LogP contribution in [0.25, 0.3) is 0 Å². The minimum absolute atomic E-state index is 0.0219. The van der Waals surface area contributed by atoms with Gasteiger partial charge in [-0.3, -0.25) is 14.6 Å². The Morgan fingerprint density at radius 3 is 2.80 bits per heavy atom. The van der Waals surface area contributed by atoms with Gasteiger partial charge >= 0.3 is 0 Å². The number of pyridine rings is 1. The van der Waals surface area contributed by atoms with Crippen LogP contribution in [0.1, 0.15) is 12.1 Å². The Kier molecular flexibility index (Phi) is 2.44. The molecule has 78 valence electrons. The van der Waals surface area contributed by atoms with Crippen molar-refractivity contribution in [3.63, 3.8) is 0 Å². The Morgan fingerprint density at radius 2 is 2.20 bits per heavy atom. The molecule has 1 fully saturated rings.